The highest BCUT2D eigenvalue weighted by molar-refractivity contribution is 7.80. The first kappa shape index (κ1) is 20.4. The minimum Gasteiger partial charge on any atom is -0.494 e. The second kappa shape index (κ2) is 9.68. The molecule has 0 aromatic heterocycles. The summed E-state index contributed by atoms with van der Waals surface area (Å²) < 4.78 is 5.39. The molecule has 0 bridgehead atoms. The van der Waals surface area contributed by atoms with Gasteiger partial charge in [-0.05, 0) is 75.5 Å². The summed E-state index contributed by atoms with van der Waals surface area (Å²) in [6, 6.07) is 13.8. The molecule has 0 aliphatic heterocycles. The van der Waals surface area contributed by atoms with E-state index < -0.39 is 0 Å². The van der Waals surface area contributed by atoms with E-state index in [0.29, 0.717) is 29.2 Å². The Hall–Kier alpha value is -2.93. The Bertz CT molecular complexity index is 819. The molecule has 2 aromatic carbocycles. The molecule has 2 amide bonds. The zero-order valence-electron chi connectivity index (χ0n) is 15.5. The SMILES string of the molecule is CCOc1cccc(C(=O)NC(=S)Nc2ccc(C(=O)NC(C)C)cc2)c1. The van der Waals surface area contributed by atoms with Crippen LogP contribution in [0.25, 0.3) is 0 Å². The highest BCUT2D eigenvalue weighted by Crippen LogP contribution is 2.13. The molecule has 0 unspecified atom stereocenters. The van der Waals surface area contributed by atoms with Crippen molar-refractivity contribution in [3.05, 3.63) is 59.7 Å². The molecule has 7 heteroatoms. The monoisotopic (exact) mass is 385 g/mol. The smallest absolute Gasteiger partial charge is 0.257 e. The maximum atomic E-state index is 12.3. The van der Waals surface area contributed by atoms with Crippen LogP contribution in [0.1, 0.15) is 41.5 Å². The van der Waals surface area contributed by atoms with Crippen molar-refractivity contribution in [1.29, 1.82) is 0 Å². The minimum atomic E-state index is -0.331. The molecule has 27 heavy (non-hydrogen) atoms. The Balaban J connectivity index is 1.94. The Kier molecular flexibility index (Phi) is 7.31. The van der Waals surface area contributed by atoms with Crippen LogP contribution in [0.2, 0.25) is 0 Å². The lowest BCUT2D eigenvalue weighted by atomic mass is 10.2. The number of benzene rings is 2. The Morgan fingerprint density at radius 3 is 2.37 bits per heavy atom. The van der Waals surface area contributed by atoms with E-state index in [1.165, 1.54) is 0 Å². The van der Waals surface area contributed by atoms with Gasteiger partial charge in [0, 0.05) is 22.9 Å². The molecular formula is C20H23N3O3S. The van der Waals surface area contributed by atoms with E-state index in [4.69, 9.17) is 17.0 Å². The van der Waals surface area contributed by atoms with Crippen LogP contribution in [0, 0.1) is 0 Å². The lowest BCUT2D eigenvalue weighted by Gasteiger charge is -2.12. The Morgan fingerprint density at radius 2 is 1.74 bits per heavy atom. The minimum absolute atomic E-state index is 0.0688. The summed E-state index contributed by atoms with van der Waals surface area (Å²) in [5, 5.41) is 8.54. The fourth-order valence-electron chi connectivity index (χ4n) is 2.28. The average Bonchev–Trinajstić information content (AvgIpc) is 2.62. The van der Waals surface area contributed by atoms with Crippen LogP contribution < -0.4 is 20.7 Å². The van der Waals surface area contributed by atoms with Gasteiger partial charge in [-0.3, -0.25) is 14.9 Å². The van der Waals surface area contributed by atoms with Gasteiger partial charge in [-0.25, -0.2) is 0 Å². The molecule has 6 nitrogen and oxygen atoms in total. The number of rotatable bonds is 6. The molecule has 0 fully saturated rings. The van der Waals surface area contributed by atoms with Crippen molar-refractivity contribution in [2.24, 2.45) is 0 Å². The van der Waals surface area contributed by atoms with E-state index in [1.807, 2.05) is 20.8 Å². The van der Waals surface area contributed by atoms with E-state index >= 15 is 0 Å². The standard InChI is InChI=1S/C20H23N3O3S/c1-4-26-17-7-5-6-15(12-17)19(25)23-20(27)22-16-10-8-14(9-11-16)18(24)21-13(2)3/h5-13H,4H2,1-3H3,(H,21,24)(H2,22,23,25,27). The van der Waals surface area contributed by atoms with Gasteiger partial charge in [0.2, 0.25) is 0 Å². The average molecular weight is 385 g/mol. The van der Waals surface area contributed by atoms with Crippen molar-refractivity contribution in [2.45, 2.75) is 26.8 Å². The van der Waals surface area contributed by atoms with Gasteiger partial charge in [0.15, 0.2) is 5.11 Å². The molecule has 0 atom stereocenters. The van der Waals surface area contributed by atoms with E-state index in [1.54, 1.807) is 48.5 Å². The van der Waals surface area contributed by atoms with E-state index in [0.717, 1.165) is 0 Å². The topological polar surface area (TPSA) is 79.5 Å². The third-order valence-electron chi connectivity index (χ3n) is 3.46. The van der Waals surface area contributed by atoms with Gasteiger partial charge >= 0.3 is 0 Å². The zero-order chi connectivity index (χ0) is 19.8. The summed E-state index contributed by atoms with van der Waals surface area (Å²) in [6.07, 6.45) is 0. The number of carbonyl (C=O) groups excluding carboxylic acids is 2. The molecule has 0 spiro atoms. The number of nitrogens with one attached hydrogen (secondary N) is 3. The van der Waals surface area contributed by atoms with Gasteiger partial charge in [-0.1, -0.05) is 6.07 Å². The highest BCUT2D eigenvalue weighted by atomic mass is 32.1. The van der Waals surface area contributed by atoms with Crippen LogP contribution in [0.4, 0.5) is 5.69 Å². The van der Waals surface area contributed by atoms with Crippen LogP contribution in [0.15, 0.2) is 48.5 Å². The fraction of sp³-hybridized carbons (Fsp3) is 0.250. The number of hydrogen-bond acceptors (Lipinski definition) is 4. The van der Waals surface area contributed by atoms with E-state index in [-0.39, 0.29) is 23.0 Å². The normalized spacial score (nSPS) is 10.2. The van der Waals surface area contributed by atoms with Crippen molar-refractivity contribution < 1.29 is 14.3 Å². The van der Waals surface area contributed by atoms with Gasteiger partial charge in [0.05, 0.1) is 6.61 Å². The number of hydrogen-bond donors (Lipinski definition) is 3. The van der Waals surface area contributed by atoms with Gasteiger partial charge in [0.25, 0.3) is 11.8 Å². The predicted molar refractivity (Wildman–Crippen MR) is 110 cm³/mol. The third kappa shape index (κ3) is 6.38. The lowest BCUT2D eigenvalue weighted by Crippen LogP contribution is -2.34. The predicted octanol–water partition coefficient (Wildman–Crippen LogP) is 3.35. The molecule has 3 N–H and O–H groups in total. The van der Waals surface area contributed by atoms with Gasteiger partial charge < -0.3 is 15.4 Å². The molecule has 0 heterocycles. The zero-order valence-corrected chi connectivity index (χ0v) is 16.4. The second-order valence-corrected chi connectivity index (χ2v) is 6.48. The van der Waals surface area contributed by atoms with Crippen LogP contribution >= 0.6 is 12.2 Å². The summed E-state index contributed by atoms with van der Waals surface area (Å²) in [6.45, 7) is 6.21. The molecule has 0 aliphatic carbocycles. The molecule has 0 aliphatic rings. The summed E-state index contributed by atoms with van der Waals surface area (Å²) in [4.78, 5) is 24.2. The van der Waals surface area contributed by atoms with Crippen LogP contribution in [0.3, 0.4) is 0 Å². The lowest BCUT2D eigenvalue weighted by molar-refractivity contribution is 0.0941. The summed E-state index contributed by atoms with van der Waals surface area (Å²) >= 11 is 5.18. The molecule has 0 radical (unpaired) electrons. The first-order chi connectivity index (χ1) is 12.9. The third-order valence-corrected chi connectivity index (χ3v) is 3.66. The molecule has 142 valence electrons. The number of anilines is 1. The largest absolute Gasteiger partial charge is 0.494 e. The number of amides is 2. The van der Waals surface area contributed by atoms with Crippen molar-refractivity contribution >= 4 is 34.8 Å². The first-order valence-corrected chi connectivity index (χ1v) is 9.06. The maximum Gasteiger partial charge on any atom is 0.257 e. The highest BCUT2D eigenvalue weighted by Gasteiger charge is 2.10. The number of ether oxygens (including phenoxy) is 1. The van der Waals surface area contributed by atoms with Gasteiger partial charge in [-0.2, -0.15) is 0 Å². The second-order valence-electron chi connectivity index (χ2n) is 6.07. The van der Waals surface area contributed by atoms with Crippen molar-refractivity contribution in [2.75, 3.05) is 11.9 Å². The quantitative estimate of drug-likeness (QED) is 0.665. The van der Waals surface area contributed by atoms with E-state index in [2.05, 4.69) is 16.0 Å². The summed E-state index contributed by atoms with van der Waals surface area (Å²) in [7, 11) is 0. The molecular weight excluding hydrogens is 362 g/mol. The maximum absolute atomic E-state index is 12.3. The van der Waals surface area contributed by atoms with Gasteiger partial charge in [-0.15, -0.1) is 0 Å². The molecule has 2 aromatic rings. The molecule has 2 rings (SSSR count). The Morgan fingerprint density at radius 1 is 1.04 bits per heavy atom. The van der Waals surface area contributed by atoms with Gasteiger partial charge in [0.1, 0.15) is 5.75 Å². The molecule has 0 saturated heterocycles. The molecule has 0 saturated carbocycles. The van der Waals surface area contributed by atoms with Crippen molar-refractivity contribution in [3.63, 3.8) is 0 Å². The summed E-state index contributed by atoms with van der Waals surface area (Å²) in [5.41, 5.74) is 1.67. The Labute approximate surface area is 164 Å². The van der Waals surface area contributed by atoms with Crippen LogP contribution in [-0.4, -0.2) is 29.6 Å². The van der Waals surface area contributed by atoms with Crippen molar-refractivity contribution in [1.82, 2.24) is 10.6 Å². The number of thiocarbonyl (C=S) groups is 1. The number of carbonyl (C=O) groups is 2. The van der Waals surface area contributed by atoms with Crippen molar-refractivity contribution in [3.8, 4) is 5.75 Å². The summed E-state index contributed by atoms with van der Waals surface area (Å²) in [5.74, 6) is 0.155. The van der Waals surface area contributed by atoms with Crippen LogP contribution in [-0.2, 0) is 0 Å². The van der Waals surface area contributed by atoms with E-state index in [9.17, 15) is 9.59 Å². The van der Waals surface area contributed by atoms with Crippen LogP contribution in [0.5, 0.6) is 5.75 Å². The fourth-order valence-corrected chi connectivity index (χ4v) is 2.49. The first-order valence-electron chi connectivity index (χ1n) is 8.65.